The number of rotatable bonds is 5. The lowest BCUT2D eigenvalue weighted by Gasteiger charge is -2.26. The number of alkyl halides is 2. The number of fused-ring (bicyclic) bond motifs is 1. The van der Waals surface area contributed by atoms with Crippen LogP contribution in [0.3, 0.4) is 0 Å². The Morgan fingerprint density at radius 1 is 1.10 bits per heavy atom. The average Bonchev–Trinajstić information content (AvgIpc) is 3.08. The Labute approximate surface area is 226 Å². The van der Waals surface area contributed by atoms with Gasteiger partial charge in [-0.05, 0) is 54.8 Å². The van der Waals surface area contributed by atoms with Gasteiger partial charge in [-0.1, -0.05) is 12.1 Å². The first-order valence-corrected chi connectivity index (χ1v) is 14.7. The van der Waals surface area contributed by atoms with E-state index in [1.165, 1.54) is 12.3 Å². The number of nitrogens with zero attached hydrogens (tertiary/aromatic N) is 2. The molecule has 2 N–H and O–H groups in total. The number of aromatic nitrogens is 1. The molecule has 39 heavy (non-hydrogen) atoms. The number of ether oxygens (including phenoxy) is 2. The Morgan fingerprint density at radius 3 is 2.64 bits per heavy atom. The number of hydrogen-bond donors (Lipinski definition) is 2. The molecule has 1 amide bonds. The fraction of sp³-hybridized carbons (Fsp3) is 0.357. The molecule has 0 aliphatic carbocycles. The minimum absolute atomic E-state index is 0.0648. The number of amides is 1. The largest absolute Gasteiger partial charge is 0.486 e. The Hall–Kier alpha value is -3.73. The van der Waals surface area contributed by atoms with Crippen LogP contribution in [0.5, 0.6) is 11.5 Å². The molecule has 1 saturated heterocycles. The number of hydrogen-bond acceptors (Lipinski definition) is 7. The van der Waals surface area contributed by atoms with E-state index in [9.17, 15) is 17.8 Å². The standard InChI is InChI=1S/C28H30F2N4O4S/c1-18-22(19-7-8-23-24(15-19)38-14-13-37-23)17-32-26(34-11-4-9-28(29,30)10-12-34)25(18)27(35)33-20-5-3-6-21(16-20)39(2,31)36/h3,5-8,15-17,31H,4,9-14H2,1-2H3,(H,33,35). The van der Waals surface area contributed by atoms with Gasteiger partial charge in [0.2, 0.25) is 5.92 Å². The lowest BCUT2D eigenvalue weighted by molar-refractivity contribution is -0.0102. The topological polar surface area (TPSA) is 105 Å². The van der Waals surface area contributed by atoms with Crippen molar-refractivity contribution in [1.29, 1.82) is 4.78 Å². The predicted octanol–water partition coefficient (Wildman–Crippen LogP) is 5.74. The molecule has 1 unspecified atom stereocenters. The van der Waals surface area contributed by atoms with Gasteiger partial charge in [0, 0.05) is 54.5 Å². The summed E-state index contributed by atoms with van der Waals surface area (Å²) in [5, 5.41) is 2.84. The van der Waals surface area contributed by atoms with Crippen LogP contribution in [0, 0.1) is 11.7 Å². The van der Waals surface area contributed by atoms with Crippen LogP contribution in [-0.4, -0.2) is 53.6 Å². The Morgan fingerprint density at radius 2 is 1.87 bits per heavy atom. The van der Waals surface area contributed by atoms with Crippen molar-refractivity contribution in [3.8, 4) is 22.6 Å². The van der Waals surface area contributed by atoms with Crippen LogP contribution >= 0.6 is 0 Å². The third kappa shape index (κ3) is 5.83. The Bertz CT molecular complexity index is 1530. The van der Waals surface area contributed by atoms with E-state index in [4.69, 9.17) is 14.3 Å². The molecule has 0 bridgehead atoms. The lowest BCUT2D eigenvalue weighted by Crippen LogP contribution is -2.30. The molecule has 3 heterocycles. The first-order chi connectivity index (χ1) is 18.5. The minimum Gasteiger partial charge on any atom is -0.486 e. The lowest BCUT2D eigenvalue weighted by atomic mass is 9.97. The second-order valence-corrected chi connectivity index (χ2v) is 12.0. The molecule has 206 valence electrons. The van der Waals surface area contributed by atoms with E-state index in [0.717, 1.165) is 5.56 Å². The smallest absolute Gasteiger partial charge is 0.259 e. The quantitative estimate of drug-likeness (QED) is 0.415. The van der Waals surface area contributed by atoms with Gasteiger partial charge in [0.25, 0.3) is 5.91 Å². The average molecular weight is 557 g/mol. The van der Waals surface area contributed by atoms with Gasteiger partial charge < -0.3 is 19.7 Å². The fourth-order valence-corrected chi connectivity index (χ4v) is 5.58. The molecule has 0 spiro atoms. The highest BCUT2D eigenvalue weighted by Crippen LogP contribution is 2.38. The van der Waals surface area contributed by atoms with Gasteiger partial charge in [0.15, 0.2) is 11.5 Å². The Balaban J connectivity index is 1.57. The van der Waals surface area contributed by atoms with Crippen molar-refractivity contribution < 1.29 is 27.3 Å². The van der Waals surface area contributed by atoms with E-state index in [2.05, 4.69) is 10.3 Å². The first kappa shape index (κ1) is 26.9. The number of nitrogens with one attached hydrogen (secondary N) is 2. The molecule has 5 rings (SSSR count). The van der Waals surface area contributed by atoms with Gasteiger partial charge in [-0.25, -0.2) is 22.8 Å². The number of carbonyl (C=O) groups is 1. The molecule has 2 aliphatic rings. The normalized spacial score (nSPS) is 18.1. The highest BCUT2D eigenvalue weighted by molar-refractivity contribution is 7.91. The van der Waals surface area contributed by atoms with Crippen LogP contribution in [0.1, 0.15) is 35.2 Å². The van der Waals surface area contributed by atoms with Crippen LogP contribution in [-0.2, 0) is 9.73 Å². The number of carbonyl (C=O) groups excluding carboxylic acids is 1. The van der Waals surface area contributed by atoms with Crippen LogP contribution in [0.4, 0.5) is 20.3 Å². The third-order valence-electron chi connectivity index (χ3n) is 6.96. The summed E-state index contributed by atoms with van der Waals surface area (Å²) < 4.78 is 59.8. The van der Waals surface area contributed by atoms with Crippen LogP contribution in [0.2, 0.25) is 0 Å². The highest BCUT2D eigenvalue weighted by Gasteiger charge is 2.33. The molecule has 2 aromatic carbocycles. The van der Waals surface area contributed by atoms with E-state index in [0.29, 0.717) is 53.9 Å². The maximum absolute atomic E-state index is 14.1. The molecular formula is C28H30F2N4O4S. The summed E-state index contributed by atoms with van der Waals surface area (Å²) >= 11 is 0. The number of benzene rings is 2. The second kappa shape index (κ2) is 10.4. The molecule has 0 radical (unpaired) electrons. The molecule has 0 saturated carbocycles. The van der Waals surface area contributed by atoms with Gasteiger partial charge in [-0.15, -0.1) is 0 Å². The zero-order chi connectivity index (χ0) is 27.8. The van der Waals surface area contributed by atoms with Crippen molar-refractivity contribution in [3.05, 3.63) is 59.8 Å². The summed E-state index contributed by atoms with van der Waals surface area (Å²) in [6.07, 6.45) is 2.70. The van der Waals surface area contributed by atoms with Crippen molar-refractivity contribution >= 4 is 27.1 Å². The summed E-state index contributed by atoms with van der Waals surface area (Å²) in [5.41, 5.74) is 2.73. The summed E-state index contributed by atoms with van der Waals surface area (Å²) in [6, 6.07) is 11.9. The van der Waals surface area contributed by atoms with Crippen LogP contribution < -0.4 is 19.7 Å². The predicted molar refractivity (Wildman–Crippen MR) is 146 cm³/mol. The monoisotopic (exact) mass is 556 g/mol. The van der Waals surface area contributed by atoms with E-state index < -0.39 is 21.6 Å². The first-order valence-electron chi connectivity index (χ1n) is 12.7. The molecule has 11 heteroatoms. The maximum Gasteiger partial charge on any atom is 0.259 e. The van der Waals surface area contributed by atoms with Crippen molar-refractivity contribution in [2.45, 2.75) is 37.0 Å². The van der Waals surface area contributed by atoms with Gasteiger partial charge in [0.05, 0.1) is 15.3 Å². The second-order valence-electron chi connectivity index (χ2n) is 9.88. The van der Waals surface area contributed by atoms with E-state index in [-0.39, 0.29) is 36.3 Å². The molecule has 3 aromatic rings. The molecule has 1 fully saturated rings. The number of pyridine rings is 1. The molecular weight excluding hydrogens is 526 g/mol. The highest BCUT2D eigenvalue weighted by atomic mass is 32.2. The molecule has 8 nitrogen and oxygen atoms in total. The van der Waals surface area contributed by atoms with E-state index in [1.54, 1.807) is 36.2 Å². The summed E-state index contributed by atoms with van der Waals surface area (Å²) in [6.45, 7) is 3.11. The van der Waals surface area contributed by atoms with Gasteiger partial charge in [-0.3, -0.25) is 4.79 Å². The van der Waals surface area contributed by atoms with Crippen LogP contribution in [0.25, 0.3) is 11.1 Å². The molecule has 2 aliphatic heterocycles. The zero-order valence-electron chi connectivity index (χ0n) is 21.8. The maximum atomic E-state index is 14.1. The third-order valence-corrected chi connectivity index (χ3v) is 8.11. The van der Waals surface area contributed by atoms with Crippen molar-refractivity contribution in [2.75, 3.05) is 42.8 Å². The van der Waals surface area contributed by atoms with E-state index >= 15 is 0 Å². The molecule has 1 aromatic heterocycles. The Kier molecular flexibility index (Phi) is 7.19. The van der Waals surface area contributed by atoms with E-state index in [1.807, 2.05) is 18.2 Å². The van der Waals surface area contributed by atoms with Gasteiger partial charge in [0.1, 0.15) is 19.0 Å². The summed E-state index contributed by atoms with van der Waals surface area (Å²) in [7, 11) is -2.99. The van der Waals surface area contributed by atoms with Crippen molar-refractivity contribution in [1.82, 2.24) is 4.98 Å². The van der Waals surface area contributed by atoms with Crippen LogP contribution in [0.15, 0.2) is 53.6 Å². The summed E-state index contributed by atoms with van der Waals surface area (Å²) in [5.74, 6) is -1.67. The summed E-state index contributed by atoms with van der Waals surface area (Å²) in [4.78, 5) is 20.5. The number of anilines is 2. The van der Waals surface area contributed by atoms with Gasteiger partial charge in [-0.2, -0.15) is 0 Å². The molecule has 1 atom stereocenters. The minimum atomic E-state index is -2.99. The zero-order valence-corrected chi connectivity index (χ0v) is 22.6. The number of halogens is 2. The SMILES string of the molecule is Cc1c(-c2ccc3c(c2)OCCO3)cnc(N2CCCC(F)(F)CC2)c1C(=O)Nc1cccc(S(C)(=N)=O)c1. The van der Waals surface area contributed by atoms with Crippen molar-refractivity contribution in [3.63, 3.8) is 0 Å². The van der Waals surface area contributed by atoms with Gasteiger partial charge >= 0.3 is 0 Å². The fourth-order valence-electron chi connectivity index (χ4n) is 4.89. The van der Waals surface area contributed by atoms with Crippen molar-refractivity contribution in [2.24, 2.45) is 0 Å².